The third-order valence-corrected chi connectivity index (χ3v) is 5.59. The van der Waals surface area contributed by atoms with Gasteiger partial charge in [-0.25, -0.2) is 10.4 Å². The molecule has 0 bridgehead atoms. The molecule has 1 aromatic rings. The van der Waals surface area contributed by atoms with Gasteiger partial charge in [0.25, 0.3) is 11.8 Å². The van der Waals surface area contributed by atoms with Crippen LogP contribution in [0.15, 0.2) is 0 Å². The van der Waals surface area contributed by atoms with Gasteiger partial charge in [0.15, 0.2) is 0 Å². The van der Waals surface area contributed by atoms with E-state index in [0.717, 1.165) is 0 Å². The van der Waals surface area contributed by atoms with Gasteiger partial charge in [0.2, 0.25) is 11.8 Å². The Balaban J connectivity index is 2.18. The lowest BCUT2D eigenvalue weighted by molar-refractivity contribution is -0.128. The van der Waals surface area contributed by atoms with Crippen LogP contribution in [0.2, 0.25) is 20.1 Å². The van der Waals surface area contributed by atoms with Crippen LogP contribution in [-0.4, -0.2) is 41.2 Å². The number of halogens is 4. The van der Waals surface area contributed by atoms with Gasteiger partial charge in [-0.15, -0.1) is 0 Å². The number of hydrogen-bond donors (Lipinski definition) is 3. The summed E-state index contributed by atoms with van der Waals surface area (Å²) in [5.74, 6) is -3.29. The summed E-state index contributed by atoms with van der Waals surface area (Å²) in [4.78, 5) is 48.3. The van der Waals surface area contributed by atoms with Gasteiger partial charge in [0.1, 0.15) is 6.04 Å². The molecule has 0 spiro atoms. The van der Waals surface area contributed by atoms with Crippen LogP contribution in [0.4, 0.5) is 0 Å². The van der Waals surface area contributed by atoms with Crippen molar-refractivity contribution in [3.8, 4) is 0 Å². The minimum absolute atomic E-state index is 0.163. The number of fused-ring (bicyclic) bond motifs is 1. The van der Waals surface area contributed by atoms with Gasteiger partial charge in [0.05, 0.1) is 37.8 Å². The Labute approximate surface area is 174 Å². The highest BCUT2D eigenvalue weighted by Gasteiger charge is 2.42. The lowest BCUT2D eigenvalue weighted by atomic mass is 10.0. The largest absolute Gasteiger partial charge is 0.368 e. The second-order valence-corrected chi connectivity index (χ2v) is 7.49. The predicted molar refractivity (Wildman–Crippen MR) is 101 cm³/mol. The lowest BCUT2D eigenvalue weighted by Gasteiger charge is -2.20. The second kappa shape index (κ2) is 8.20. The molecule has 0 saturated heterocycles. The van der Waals surface area contributed by atoms with Crippen molar-refractivity contribution in [3.63, 3.8) is 0 Å². The van der Waals surface area contributed by atoms with Crippen molar-refractivity contribution in [2.45, 2.75) is 19.9 Å². The Bertz CT molecular complexity index is 812. The summed E-state index contributed by atoms with van der Waals surface area (Å²) in [7, 11) is 0. The van der Waals surface area contributed by atoms with Crippen LogP contribution in [0.3, 0.4) is 0 Å². The third-order valence-electron chi connectivity index (χ3n) is 3.79. The van der Waals surface area contributed by atoms with E-state index < -0.39 is 36.2 Å². The highest BCUT2D eigenvalue weighted by Crippen LogP contribution is 2.44. The molecular weight excluding hydrogens is 442 g/mol. The van der Waals surface area contributed by atoms with Crippen LogP contribution >= 0.6 is 46.4 Å². The normalized spacial score (nSPS) is 14.6. The number of nitrogens with zero attached hydrogens (tertiary/aromatic N) is 1. The molecule has 0 aliphatic carbocycles. The number of hydrazine groups is 1. The first kappa shape index (κ1) is 21.7. The van der Waals surface area contributed by atoms with Crippen LogP contribution in [-0.2, 0) is 9.59 Å². The summed E-state index contributed by atoms with van der Waals surface area (Å²) in [6, 6.07) is -0.900. The Morgan fingerprint density at radius 1 is 0.963 bits per heavy atom. The zero-order chi connectivity index (χ0) is 20.6. The minimum atomic E-state index is -0.900. The molecule has 0 saturated carbocycles. The van der Waals surface area contributed by atoms with Gasteiger partial charge < -0.3 is 11.1 Å². The maximum absolute atomic E-state index is 12.5. The first-order valence-electron chi connectivity index (χ1n) is 7.55. The smallest absolute Gasteiger partial charge is 0.277 e. The minimum Gasteiger partial charge on any atom is -0.368 e. The van der Waals surface area contributed by atoms with Crippen LogP contribution in [0, 0.1) is 5.92 Å². The SMILES string of the molecule is CC(C)[C@H](NC(=O)CNN1C(=O)c2c(Cl)c(Cl)c(Cl)c(Cl)c2C1=O)C(N)=O. The predicted octanol–water partition coefficient (Wildman–Crippen LogP) is 2.03. The molecule has 1 heterocycles. The zero-order valence-electron chi connectivity index (χ0n) is 14.0. The van der Waals surface area contributed by atoms with Crippen molar-refractivity contribution >= 4 is 70.0 Å². The number of primary amides is 1. The molecule has 0 aromatic heterocycles. The van der Waals surface area contributed by atoms with E-state index in [1.54, 1.807) is 13.8 Å². The molecule has 27 heavy (non-hydrogen) atoms. The van der Waals surface area contributed by atoms with Gasteiger partial charge in [-0.3, -0.25) is 19.2 Å². The van der Waals surface area contributed by atoms with E-state index in [9.17, 15) is 19.2 Å². The van der Waals surface area contributed by atoms with E-state index in [0.29, 0.717) is 5.01 Å². The average Bonchev–Trinajstić information content (AvgIpc) is 2.84. The number of nitrogens with one attached hydrogen (secondary N) is 2. The summed E-state index contributed by atoms with van der Waals surface area (Å²) in [6.07, 6.45) is 0. The first-order valence-corrected chi connectivity index (χ1v) is 9.07. The van der Waals surface area contributed by atoms with E-state index >= 15 is 0 Å². The molecule has 0 unspecified atom stereocenters. The quantitative estimate of drug-likeness (QED) is 0.344. The van der Waals surface area contributed by atoms with E-state index in [4.69, 9.17) is 52.1 Å². The van der Waals surface area contributed by atoms with E-state index in [1.165, 1.54) is 0 Å². The van der Waals surface area contributed by atoms with Gasteiger partial charge in [-0.05, 0) is 5.92 Å². The number of imide groups is 1. The Morgan fingerprint density at radius 2 is 1.41 bits per heavy atom. The molecule has 2 rings (SSSR count). The molecule has 4 N–H and O–H groups in total. The average molecular weight is 456 g/mol. The molecule has 0 radical (unpaired) electrons. The maximum atomic E-state index is 12.5. The number of nitrogens with two attached hydrogens (primary N) is 1. The molecule has 0 fully saturated rings. The Hall–Kier alpha value is -1.58. The van der Waals surface area contributed by atoms with Crippen LogP contribution in [0.5, 0.6) is 0 Å². The van der Waals surface area contributed by atoms with Crippen molar-refractivity contribution in [3.05, 3.63) is 31.2 Å². The van der Waals surface area contributed by atoms with E-state index in [-0.39, 0.29) is 37.1 Å². The summed E-state index contributed by atoms with van der Waals surface area (Å²) in [6.45, 7) is 2.91. The van der Waals surface area contributed by atoms with Gasteiger partial charge in [-0.1, -0.05) is 60.3 Å². The van der Waals surface area contributed by atoms with E-state index in [2.05, 4.69) is 10.7 Å². The number of rotatable bonds is 6. The highest BCUT2D eigenvalue weighted by atomic mass is 35.5. The van der Waals surface area contributed by atoms with Crippen molar-refractivity contribution in [2.75, 3.05) is 6.54 Å². The molecule has 8 nitrogen and oxygen atoms in total. The number of hydrogen-bond acceptors (Lipinski definition) is 5. The van der Waals surface area contributed by atoms with Crippen molar-refractivity contribution in [1.82, 2.24) is 15.8 Å². The number of benzene rings is 1. The number of amides is 4. The van der Waals surface area contributed by atoms with Crippen molar-refractivity contribution in [1.29, 1.82) is 0 Å². The van der Waals surface area contributed by atoms with Crippen LogP contribution < -0.4 is 16.5 Å². The van der Waals surface area contributed by atoms with Crippen LogP contribution in [0.1, 0.15) is 34.6 Å². The topological polar surface area (TPSA) is 122 Å². The summed E-state index contributed by atoms with van der Waals surface area (Å²) in [5.41, 5.74) is 7.16. The molecule has 1 aliphatic heterocycles. The molecule has 12 heteroatoms. The van der Waals surface area contributed by atoms with Crippen molar-refractivity contribution in [2.24, 2.45) is 11.7 Å². The molecule has 1 atom stereocenters. The number of carbonyl (C=O) groups excluding carboxylic acids is 4. The Kier molecular flexibility index (Phi) is 6.59. The fourth-order valence-corrected chi connectivity index (χ4v) is 3.45. The van der Waals surface area contributed by atoms with Gasteiger partial charge in [-0.2, -0.15) is 0 Å². The summed E-state index contributed by atoms with van der Waals surface area (Å²) in [5, 5.41) is 2.22. The van der Waals surface area contributed by atoms with E-state index in [1.807, 2.05) is 0 Å². The zero-order valence-corrected chi connectivity index (χ0v) is 17.1. The van der Waals surface area contributed by atoms with Gasteiger partial charge >= 0.3 is 0 Å². The fourth-order valence-electron chi connectivity index (χ4n) is 2.43. The standard InChI is InChI=1S/C15H14Cl4N4O4/c1-4(2)12(13(20)25)22-5(24)3-21-23-14(26)6-7(15(23)27)9(17)11(19)10(18)8(6)16/h4,12,21H,3H2,1-2H3,(H2,20,25)(H,22,24)/t12-/m0/s1. The molecule has 1 aromatic carbocycles. The second-order valence-electron chi connectivity index (χ2n) is 5.98. The monoisotopic (exact) mass is 454 g/mol. The molecule has 1 aliphatic rings. The maximum Gasteiger partial charge on any atom is 0.277 e. The summed E-state index contributed by atoms with van der Waals surface area (Å²) < 4.78 is 0. The molecular formula is C15H14Cl4N4O4. The molecule has 146 valence electrons. The summed E-state index contributed by atoms with van der Waals surface area (Å²) >= 11 is 23.8. The third kappa shape index (κ3) is 4.00. The highest BCUT2D eigenvalue weighted by molar-refractivity contribution is 6.55. The number of carbonyl (C=O) groups is 4. The van der Waals surface area contributed by atoms with Crippen molar-refractivity contribution < 1.29 is 19.2 Å². The first-order chi connectivity index (χ1) is 12.5. The van der Waals surface area contributed by atoms with Gasteiger partial charge in [0, 0.05) is 0 Å². The Morgan fingerprint density at radius 3 is 1.78 bits per heavy atom. The fraction of sp³-hybridized carbons (Fsp3) is 0.333. The van der Waals surface area contributed by atoms with Crippen LogP contribution in [0.25, 0.3) is 0 Å². The molecule has 4 amide bonds. The lowest BCUT2D eigenvalue weighted by Crippen LogP contribution is -2.52.